The zero-order valence-corrected chi connectivity index (χ0v) is 14.4. The highest BCUT2D eigenvalue weighted by atomic mass is 16.4. The molecule has 0 aromatic carbocycles. The number of carbonyl (C=O) groups is 7. The van der Waals surface area contributed by atoms with Crippen LogP contribution in [-0.2, 0) is 33.6 Å². The molecule has 0 saturated carbocycles. The van der Waals surface area contributed by atoms with Crippen molar-refractivity contribution in [2.24, 2.45) is 22.9 Å². The van der Waals surface area contributed by atoms with Gasteiger partial charge >= 0.3 is 23.9 Å². The molecule has 0 fully saturated rings. The second kappa shape index (κ2) is 15.6. The summed E-state index contributed by atoms with van der Waals surface area (Å²) in [5.74, 6) is -7.66. The van der Waals surface area contributed by atoms with Gasteiger partial charge in [-0.3, -0.25) is 28.8 Å². The van der Waals surface area contributed by atoms with Gasteiger partial charge in [0.25, 0.3) is 0 Å². The van der Waals surface area contributed by atoms with E-state index in [1.165, 1.54) is 0 Å². The fraction of sp³-hybridized carbons (Fsp3) is 0.462. The number of carbonyl (C=O) groups excluding carboxylic acids is 3. The summed E-state index contributed by atoms with van der Waals surface area (Å²) in [5.41, 5.74) is 19.1. The van der Waals surface area contributed by atoms with Crippen LogP contribution in [0.2, 0.25) is 0 Å². The van der Waals surface area contributed by atoms with Crippen LogP contribution >= 0.6 is 0 Å². The molecule has 0 rings (SSSR count). The predicted octanol–water partition coefficient (Wildman–Crippen LogP) is -3.95. The van der Waals surface area contributed by atoms with E-state index < -0.39 is 66.4 Å². The first-order chi connectivity index (χ1) is 12.6. The summed E-state index contributed by atoms with van der Waals surface area (Å²) in [5, 5.41) is 32.1. The molecule has 0 bridgehead atoms. The van der Waals surface area contributed by atoms with E-state index in [2.05, 4.69) is 11.5 Å². The number of nitrogens with two attached hydrogens (primary N) is 4. The maximum atomic E-state index is 10.2. The van der Waals surface area contributed by atoms with Gasteiger partial charge in [-0.2, -0.15) is 0 Å². The lowest BCUT2D eigenvalue weighted by Crippen LogP contribution is -2.34. The highest BCUT2D eigenvalue weighted by Gasteiger charge is 2.14. The largest absolute Gasteiger partial charge is 0.481 e. The topological polar surface area (TPSA) is 304 Å². The van der Waals surface area contributed by atoms with Crippen LogP contribution in [0.5, 0.6) is 0 Å². The van der Waals surface area contributed by atoms with Crippen LogP contribution in [-0.4, -0.2) is 74.0 Å². The van der Waals surface area contributed by atoms with Crippen LogP contribution < -0.4 is 22.9 Å². The van der Waals surface area contributed by atoms with E-state index in [9.17, 15) is 33.6 Å². The number of rotatable bonds is 10. The summed E-state index contributed by atoms with van der Waals surface area (Å²) in [6.07, 6.45) is -1.49. The molecule has 15 heteroatoms. The van der Waals surface area contributed by atoms with Crippen molar-refractivity contribution in [2.75, 3.05) is 0 Å². The lowest BCUT2D eigenvalue weighted by Gasteiger charge is -1.99. The summed E-state index contributed by atoms with van der Waals surface area (Å²) in [4.78, 5) is 69.5. The molecule has 15 nitrogen and oxygen atoms in total. The van der Waals surface area contributed by atoms with Gasteiger partial charge < -0.3 is 43.4 Å². The van der Waals surface area contributed by atoms with E-state index in [1.807, 2.05) is 0 Å². The van der Waals surface area contributed by atoms with E-state index in [-0.39, 0.29) is 12.8 Å². The number of amides is 2. The van der Waals surface area contributed by atoms with Crippen molar-refractivity contribution in [3.05, 3.63) is 0 Å². The van der Waals surface area contributed by atoms with Gasteiger partial charge in [-0.1, -0.05) is 0 Å². The molecule has 160 valence electrons. The Morgan fingerprint density at radius 3 is 1.11 bits per heavy atom. The SMILES string of the molecule is NC(=O)C[C@H](N)C(=O)O.NC(=O)C[C@H](N)C(=O)O.O=C(O)CCC(=O)C(=O)O. The van der Waals surface area contributed by atoms with Gasteiger partial charge in [-0.15, -0.1) is 0 Å². The van der Waals surface area contributed by atoms with Crippen LogP contribution in [0.1, 0.15) is 25.7 Å². The van der Waals surface area contributed by atoms with Crippen molar-refractivity contribution in [1.82, 2.24) is 0 Å². The average Bonchev–Trinajstić information content (AvgIpc) is 2.52. The molecular formula is C13H22N4O11. The van der Waals surface area contributed by atoms with Crippen molar-refractivity contribution in [3.8, 4) is 0 Å². The number of hydrogen-bond acceptors (Lipinski definition) is 9. The lowest BCUT2D eigenvalue weighted by molar-refractivity contribution is -0.149. The lowest BCUT2D eigenvalue weighted by atomic mass is 10.2. The minimum absolute atomic E-state index is 0.310. The standard InChI is InChI=1S/C5H6O5.2C4H8N2O3/c6-3(5(9)10)1-2-4(7)8;2*5-2(4(8)9)1-3(6)7/h1-2H2,(H,7,8)(H,9,10);2*2H,1,5H2,(H2,6,7)(H,8,9)/t;2*2-/m.00/s1. The number of hydrogen-bond donors (Lipinski definition) is 8. The van der Waals surface area contributed by atoms with Gasteiger partial charge in [0, 0.05) is 6.42 Å². The molecule has 0 aromatic rings. The minimum Gasteiger partial charge on any atom is -0.481 e. The molecule has 0 unspecified atom stereocenters. The molecule has 0 spiro atoms. The number of primary amides is 2. The molecule has 0 saturated heterocycles. The number of ketones is 1. The minimum atomic E-state index is -1.58. The second-order valence-corrected chi connectivity index (χ2v) is 4.85. The fourth-order valence-corrected chi connectivity index (χ4v) is 0.936. The molecule has 0 aromatic heterocycles. The van der Waals surface area contributed by atoms with Gasteiger partial charge in [-0.25, -0.2) is 4.79 Å². The third-order valence-corrected chi connectivity index (χ3v) is 2.28. The number of carboxylic acid groups (broad SMARTS) is 4. The first-order valence-corrected chi connectivity index (χ1v) is 7.13. The zero-order valence-electron chi connectivity index (χ0n) is 14.4. The molecule has 0 aliphatic rings. The highest BCUT2D eigenvalue weighted by molar-refractivity contribution is 6.32. The first kappa shape index (κ1) is 29.2. The number of aliphatic carboxylic acids is 4. The third kappa shape index (κ3) is 22.4. The average molecular weight is 410 g/mol. The quantitative estimate of drug-likeness (QED) is 0.160. The Morgan fingerprint density at radius 2 is 0.964 bits per heavy atom. The summed E-state index contributed by atoms with van der Waals surface area (Å²) in [6.45, 7) is 0. The van der Waals surface area contributed by atoms with Gasteiger partial charge in [0.2, 0.25) is 17.6 Å². The molecule has 0 aliphatic carbocycles. The van der Waals surface area contributed by atoms with Crippen LogP contribution in [0.15, 0.2) is 0 Å². The Kier molecular flexibility index (Phi) is 16.3. The Labute approximate surface area is 157 Å². The molecule has 2 atom stereocenters. The molecule has 28 heavy (non-hydrogen) atoms. The Hall–Kier alpha value is -3.59. The Morgan fingerprint density at radius 1 is 0.643 bits per heavy atom. The molecular weight excluding hydrogens is 388 g/mol. The van der Waals surface area contributed by atoms with Crippen molar-refractivity contribution in [1.29, 1.82) is 0 Å². The predicted molar refractivity (Wildman–Crippen MR) is 88.4 cm³/mol. The van der Waals surface area contributed by atoms with E-state index in [1.54, 1.807) is 0 Å². The van der Waals surface area contributed by atoms with Crippen molar-refractivity contribution in [3.63, 3.8) is 0 Å². The van der Waals surface area contributed by atoms with Gasteiger partial charge in [0.05, 0.1) is 19.3 Å². The summed E-state index contributed by atoms with van der Waals surface area (Å²) < 4.78 is 0. The number of carboxylic acids is 4. The maximum Gasteiger partial charge on any atom is 0.372 e. The molecule has 12 N–H and O–H groups in total. The van der Waals surface area contributed by atoms with Crippen LogP contribution in [0.3, 0.4) is 0 Å². The Balaban J connectivity index is -0.000000336. The summed E-state index contributed by atoms with van der Waals surface area (Å²) >= 11 is 0. The van der Waals surface area contributed by atoms with E-state index >= 15 is 0 Å². The fourth-order valence-electron chi connectivity index (χ4n) is 0.936. The molecule has 0 heterocycles. The molecule has 0 radical (unpaired) electrons. The monoisotopic (exact) mass is 410 g/mol. The van der Waals surface area contributed by atoms with Gasteiger partial charge in [0.15, 0.2) is 0 Å². The molecule has 0 aliphatic heterocycles. The summed E-state index contributed by atoms with van der Waals surface area (Å²) in [6, 6.07) is -2.33. The van der Waals surface area contributed by atoms with Crippen LogP contribution in [0.25, 0.3) is 0 Å². The van der Waals surface area contributed by atoms with Crippen LogP contribution in [0, 0.1) is 0 Å². The smallest absolute Gasteiger partial charge is 0.372 e. The molecule has 2 amide bonds. The maximum absolute atomic E-state index is 10.2. The van der Waals surface area contributed by atoms with Gasteiger partial charge in [0.1, 0.15) is 12.1 Å². The van der Waals surface area contributed by atoms with E-state index in [0.29, 0.717) is 0 Å². The second-order valence-electron chi connectivity index (χ2n) is 4.85. The number of Topliss-reactive ketones (excluding diaryl/α,β-unsaturated/α-hetero) is 1. The van der Waals surface area contributed by atoms with Crippen LogP contribution in [0.4, 0.5) is 0 Å². The van der Waals surface area contributed by atoms with Gasteiger partial charge in [-0.05, 0) is 0 Å². The normalized spacial score (nSPS) is 11.2. The van der Waals surface area contributed by atoms with Crippen molar-refractivity contribution in [2.45, 2.75) is 37.8 Å². The Bertz CT molecular complexity index is 573. The summed E-state index contributed by atoms with van der Waals surface area (Å²) in [7, 11) is 0. The van der Waals surface area contributed by atoms with E-state index in [0.717, 1.165) is 0 Å². The third-order valence-electron chi connectivity index (χ3n) is 2.28. The highest BCUT2D eigenvalue weighted by Crippen LogP contribution is 1.90. The van der Waals surface area contributed by atoms with Crippen molar-refractivity contribution < 1.29 is 54.0 Å². The zero-order chi connectivity index (χ0) is 23.0. The van der Waals surface area contributed by atoms with Crippen molar-refractivity contribution >= 4 is 41.5 Å². The van der Waals surface area contributed by atoms with E-state index in [4.69, 9.17) is 31.9 Å². The first-order valence-electron chi connectivity index (χ1n) is 7.13.